The number of hydrogen-bond acceptors (Lipinski definition) is 4. The molecule has 1 heterocycles. The number of rotatable bonds is 4. The Kier molecular flexibility index (Phi) is 4.10. The van der Waals surface area contributed by atoms with Gasteiger partial charge in [-0.3, -0.25) is 9.78 Å². The summed E-state index contributed by atoms with van der Waals surface area (Å²) in [5.41, 5.74) is 13.6. The van der Waals surface area contributed by atoms with Gasteiger partial charge < -0.3 is 16.8 Å². The van der Waals surface area contributed by atoms with Gasteiger partial charge in [-0.25, -0.2) is 0 Å². The molecule has 2 aromatic rings. The second-order valence-corrected chi connectivity index (χ2v) is 4.25. The Morgan fingerprint density at radius 3 is 2.68 bits per heavy atom. The van der Waals surface area contributed by atoms with E-state index in [0.717, 1.165) is 5.56 Å². The minimum atomic E-state index is -0.616. The molecule has 0 radical (unpaired) electrons. The van der Waals surface area contributed by atoms with E-state index in [1.165, 1.54) is 6.20 Å². The maximum Gasteiger partial charge on any atom is 0.241 e. The molecule has 0 bridgehead atoms. The molecule has 5 nitrogen and oxygen atoms in total. The maximum atomic E-state index is 12.0. The lowest BCUT2D eigenvalue weighted by molar-refractivity contribution is -0.117. The smallest absolute Gasteiger partial charge is 0.241 e. The van der Waals surface area contributed by atoms with Gasteiger partial charge in [-0.05, 0) is 18.1 Å². The zero-order valence-electron chi connectivity index (χ0n) is 10.4. The van der Waals surface area contributed by atoms with Crippen LogP contribution in [0.4, 0.5) is 11.4 Å². The first kappa shape index (κ1) is 13.0. The standard InChI is InChI=1S/C14H16N4O/c15-11(8-10-4-2-1-3-5-10)14(19)18-13-6-7-17-9-12(13)16/h1-7,9,11H,8,15-16H2,(H,17,18,19)/t11-/m0/s1. The van der Waals surface area contributed by atoms with Crippen molar-refractivity contribution in [2.45, 2.75) is 12.5 Å². The Morgan fingerprint density at radius 2 is 2.00 bits per heavy atom. The molecule has 0 spiro atoms. The largest absolute Gasteiger partial charge is 0.396 e. The average Bonchev–Trinajstić information content (AvgIpc) is 2.42. The monoisotopic (exact) mass is 256 g/mol. The number of nitrogens with zero attached hydrogens (tertiary/aromatic N) is 1. The average molecular weight is 256 g/mol. The first-order chi connectivity index (χ1) is 9.16. The quantitative estimate of drug-likeness (QED) is 0.765. The van der Waals surface area contributed by atoms with Crippen LogP contribution in [0, 0.1) is 0 Å². The highest BCUT2D eigenvalue weighted by Crippen LogP contribution is 2.15. The number of nitrogen functional groups attached to an aromatic ring is 1. The van der Waals surface area contributed by atoms with E-state index in [4.69, 9.17) is 11.5 Å². The van der Waals surface area contributed by atoms with Gasteiger partial charge in [-0.2, -0.15) is 0 Å². The van der Waals surface area contributed by atoms with E-state index in [2.05, 4.69) is 10.3 Å². The molecule has 1 aromatic carbocycles. The second kappa shape index (κ2) is 5.97. The maximum absolute atomic E-state index is 12.0. The van der Waals surface area contributed by atoms with E-state index in [9.17, 15) is 4.79 Å². The molecule has 19 heavy (non-hydrogen) atoms. The molecule has 0 saturated heterocycles. The summed E-state index contributed by atoms with van der Waals surface area (Å²) in [6.07, 6.45) is 3.53. The summed E-state index contributed by atoms with van der Waals surface area (Å²) in [5, 5.41) is 2.70. The molecule has 0 saturated carbocycles. The van der Waals surface area contributed by atoms with Crippen LogP contribution in [0.5, 0.6) is 0 Å². The molecule has 0 aliphatic heterocycles. The van der Waals surface area contributed by atoms with Crippen LogP contribution in [0.15, 0.2) is 48.8 Å². The number of carbonyl (C=O) groups is 1. The summed E-state index contributed by atoms with van der Waals surface area (Å²) in [7, 11) is 0. The number of anilines is 2. The third-order valence-corrected chi connectivity index (χ3v) is 2.74. The first-order valence-corrected chi connectivity index (χ1v) is 5.96. The van der Waals surface area contributed by atoms with Gasteiger partial charge in [0.2, 0.25) is 5.91 Å². The number of pyridine rings is 1. The zero-order chi connectivity index (χ0) is 13.7. The highest BCUT2D eigenvalue weighted by Gasteiger charge is 2.15. The summed E-state index contributed by atoms with van der Waals surface area (Å²) in [6, 6.07) is 10.7. The normalized spacial score (nSPS) is 11.8. The molecule has 0 aliphatic rings. The van der Waals surface area contributed by atoms with Crippen LogP contribution in [0.3, 0.4) is 0 Å². The van der Waals surface area contributed by atoms with Gasteiger partial charge in [-0.1, -0.05) is 30.3 Å². The number of benzene rings is 1. The van der Waals surface area contributed by atoms with Gasteiger partial charge >= 0.3 is 0 Å². The second-order valence-electron chi connectivity index (χ2n) is 4.25. The summed E-state index contributed by atoms with van der Waals surface area (Å²) < 4.78 is 0. The Hall–Kier alpha value is -2.40. The van der Waals surface area contributed by atoms with Crippen molar-refractivity contribution >= 4 is 17.3 Å². The third kappa shape index (κ3) is 3.53. The molecule has 0 unspecified atom stereocenters. The van der Waals surface area contributed by atoms with Crippen molar-refractivity contribution in [3.05, 3.63) is 54.4 Å². The van der Waals surface area contributed by atoms with Crippen molar-refractivity contribution in [2.75, 3.05) is 11.1 Å². The SMILES string of the molecule is Nc1cnccc1NC(=O)[C@@H](N)Cc1ccccc1. The number of nitrogens with one attached hydrogen (secondary N) is 1. The molecule has 0 aliphatic carbocycles. The zero-order valence-corrected chi connectivity index (χ0v) is 10.4. The van der Waals surface area contributed by atoms with Gasteiger partial charge in [0.1, 0.15) is 0 Å². The lowest BCUT2D eigenvalue weighted by Gasteiger charge is -2.13. The minimum Gasteiger partial charge on any atom is -0.396 e. The number of carbonyl (C=O) groups excluding carboxylic acids is 1. The van der Waals surface area contributed by atoms with Gasteiger partial charge in [0.05, 0.1) is 23.6 Å². The Bertz CT molecular complexity index is 556. The lowest BCUT2D eigenvalue weighted by atomic mass is 10.1. The first-order valence-electron chi connectivity index (χ1n) is 5.96. The van der Waals surface area contributed by atoms with Crippen LogP contribution < -0.4 is 16.8 Å². The number of hydrogen-bond donors (Lipinski definition) is 3. The molecule has 2 rings (SSSR count). The molecule has 98 valence electrons. The van der Waals surface area contributed by atoms with E-state index in [1.54, 1.807) is 12.3 Å². The Morgan fingerprint density at radius 1 is 1.26 bits per heavy atom. The fourth-order valence-electron chi connectivity index (χ4n) is 1.71. The summed E-state index contributed by atoms with van der Waals surface area (Å²) >= 11 is 0. The van der Waals surface area contributed by atoms with Crippen molar-refractivity contribution in [3.8, 4) is 0 Å². The van der Waals surface area contributed by atoms with Gasteiger partial charge in [0.25, 0.3) is 0 Å². The van der Waals surface area contributed by atoms with E-state index in [0.29, 0.717) is 17.8 Å². The van der Waals surface area contributed by atoms with Crippen molar-refractivity contribution < 1.29 is 4.79 Å². The predicted octanol–water partition coefficient (Wildman–Crippen LogP) is 1.17. The highest BCUT2D eigenvalue weighted by molar-refractivity contribution is 5.97. The number of nitrogens with two attached hydrogens (primary N) is 2. The van der Waals surface area contributed by atoms with Crippen LogP contribution >= 0.6 is 0 Å². The number of aromatic nitrogens is 1. The highest BCUT2D eigenvalue weighted by atomic mass is 16.2. The Labute approximate surface area is 111 Å². The molecular formula is C14H16N4O. The molecule has 1 aromatic heterocycles. The Balaban J connectivity index is 1.99. The molecular weight excluding hydrogens is 240 g/mol. The van der Waals surface area contributed by atoms with E-state index in [1.807, 2.05) is 30.3 Å². The van der Waals surface area contributed by atoms with E-state index >= 15 is 0 Å². The molecule has 5 heteroatoms. The minimum absolute atomic E-state index is 0.262. The summed E-state index contributed by atoms with van der Waals surface area (Å²) in [6.45, 7) is 0. The van der Waals surface area contributed by atoms with Crippen LogP contribution in [0.2, 0.25) is 0 Å². The predicted molar refractivity (Wildman–Crippen MR) is 75.4 cm³/mol. The van der Waals surface area contributed by atoms with Crippen molar-refractivity contribution in [2.24, 2.45) is 5.73 Å². The van der Waals surface area contributed by atoms with E-state index in [-0.39, 0.29) is 5.91 Å². The van der Waals surface area contributed by atoms with Crippen molar-refractivity contribution in [1.82, 2.24) is 4.98 Å². The third-order valence-electron chi connectivity index (χ3n) is 2.74. The van der Waals surface area contributed by atoms with Crippen LogP contribution in [0.1, 0.15) is 5.56 Å². The molecule has 1 amide bonds. The fourth-order valence-corrected chi connectivity index (χ4v) is 1.71. The van der Waals surface area contributed by atoms with Crippen molar-refractivity contribution in [1.29, 1.82) is 0 Å². The van der Waals surface area contributed by atoms with E-state index < -0.39 is 6.04 Å². The summed E-state index contributed by atoms with van der Waals surface area (Å²) in [4.78, 5) is 15.8. The van der Waals surface area contributed by atoms with Gasteiger partial charge in [0, 0.05) is 6.20 Å². The molecule has 5 N–H and O–H groups in total. The summed E-state index contributed by atoms with van der Waals surface area (Å²) in [5.74, 6) is -0.262. The number of amides is 1. The lowest BCUT2D eigenvalue weighted by Crippen LogP contribution is -2.37. The topological polar surface area (TPSA) is 94.0 Å². The van der Waals surface area contributed by atoms with Crippen LogP contribution in [0.25, 0.3) is 0 Å². The van der Waals surface area contributed by atoms with Crippen LogP contribution in [-0.4, -0.2) is 16.9 Å². The molecule has 0 fully saturated rings. The fraction of sp³-hybridized carbons (Fsp3) is 0.143. The van der Waals surface area contributed by atoms with Gasteiger partial charge in [-0.15, -0.1) is 0 Å². The molecule has 1 atom stereocenters. The van der Waals surface area contributed by atoms with Crippen molar-refractivity contribution in [3.63, 3.8) is 0 Å². The van der Waals surface area contributed by atoms with Crippen LogP contribution in [-0.2, 0) is 11.2 Å². The van der Waals surface area contributed by atoms with Gasteiger partial charge in [0.15, 0.2) is 0 Å².